The van der Waals surface area contributed by atoms with E-state index in [-0.39, 0.29) is 5.91 Å². The first-order valence-electron chi connectivity index (χ1n) is 6.29. The summed E-state index contributed by atoms with van der Waals surface area (Å²) in [5.41, 5.74) is 1.59. The van der Waals surface area contributed by atoms with Crippen LogP contribution in [-0.4, -0.2) is 22.2 Å². The third kappa shape index (κ3) is 4.08. The van der Waals surface area contributed by atoms with Gasteiger partial charge < -0.3 is 5.32 Å². The van der Waals surface area contributed by atoms with Gasteiger partial charge in [-0.05, 0) is 53.5 Å². The number of hydrogen-bond acceptors (Lipinski definition) is 2. The minimum absolute atomic E-state index is 0.0838. The topological polar surface area (TPSA) is 46.9 Å². The Morgan fingerprint density at radius 2 is 2.10 bits per heavy atom. The predicted octanol–water partition coefficient (Wildman–Crippen LogP) is 3.43. The van der Waals surface area contributed by atoms with Gasteiger partial charge in [-0.1, -0.05) is 11.6 Å². The van der Waals surface area contributed by atoms with E-state index in [1.54, 1.807) is 24.3 Å². The molecule has 4 nitrogen and oxygen atoms in total. The van der Waals surface area contributed by atoms with Crippen LogP contribution in [0.15, 0.2) is 34.9 Å². The highest BCUT2D eigenvalue weighted by molar-refractivity contribution is 9.10. The molecule has 0 bridgehead atoms. The number of halogens is 2. The smallest absolute Gasteiger partial charge is 0.251 e. The zero-order chi connectivity index (χ0) is 14.5. The molecule has 0 spiro atoms. The first-order valence-corrected chi connectivity index (χ1v) is 7.46. The van der Waals surface area contributed by atoms with Gasteiger partial charge in [0.1, 0.15) is 0 Å². The van der Waals surface area contributed by atoms with Gasteiger partial charge in [0.05, 0.1) is 10.2 Å². The predicted molar refractivity (Wildman–Crippen MR) is 83.1 cm³/mol. The lowest BCUT2D eigenvalue weighted by Gasteiger charge is -2.05. The fourth-order valence-electron chi connectivity index (χ4n) is 1.75. The summed E-state index contributed by atoms with van der Waals surface area (Å²) in [4.78, 5) is 11.8. The fraction of sp³-hybridized carbons (Fsp3) is 0.286. The van der Waals surface area contributed by atoms with Gasteiger partial charge in [-0.2, -0.15) is 5.10 Å². The molecule has 0 fully saturated rings. The SMILES string of the molecule is Cc1nn(CCCNC(=O)c2ccc(Cl)cc2)cc1Br. The molecule has 1 aromatic carbocycles. The standard InChI is InChI=1S/C14H15BrClN3O/c1-10-13(15)9-19(18-10)8-2-7-17-14(20)11-3-5-12(16)6-4-11/h3-6,9H,2,7-8H2,1H3,(H,17,20). The quantitative estimate of drug-likeness (QED) is 0.834. The number of carbonyl (C=O) groups is 1. The summed E-state index contributed by atoms with van der Waals surface area (Å²) in [6, 6.07) is 6.85. The summed E-state index contributed by atoms with van der Waals surface area (Å²) >= 11 is 9.20. The van der Waals surface area contributed by atoms with E-state index < -0.39 is 0 Å². The number of carbonyl (C=O) groups excluding carboxylic acids is 1. The van der Waals surface area contributed by atoms with Crippen molar-refractivity contribution in [1.29, 1.82) is 0 Å². The van der Waals surface area contributed by atoms with Crippen molar-refractivity contribution in [3.05, 3.63) is 51.2 Å². The lowest BCUT2D eigenvalue weighted by molar-refractivity contribution is 0.0952. The number of hydrogen-bond donors (Lipinski definition) is 1. The first-order chi connectivity index (χ1) is 9.56. The molecule has 0 saturated carbocycles. The van der Waals surface area contributed by atoms with Crippen molar-refractivity contribution in [3.8, 4) is 0 Å². The van der Waals surface area contributed by atoms with Crippen LogP contribution >= 0.6 is 27.5 Å². The third-order valence-corrected chi connectivity index (χ3v) is 3.87. The Bertz CT molecular complexity index is 575. The van der Waals surface area contributed by atoms with Gasteiger partial charge in [0.25, 0.3) is 5.91 Å². The summed E-state index contributed by atoms with van der Waals surface area (Å²) in [6.07, 6.45) is 2.77. The Morgan fingerprint density at radius 1 is 1.40 bits per heavy atom. The summed E-state index contributed by atoms with van der Waals surface area (Å²) in [7, 11) is 0. The Balaban J connectivity index is 1.75. The van der Waals surface area contributed by atoms with Gasteiger partial charge >= 0.3 is 0 Å². The minimum Gasteiger partial charge on any atom is -0.352 e. The molecule has 1 aromatic heterocycles. The van der Waals surface area contributed by atoms with Crippen LogP contribution in [0.4, 0.5) is 0 Å². The molecule has 0 unspecified atom stereocenters. The van der Waals surface area contributed by atoms with Gasteiger partial charge in [0.2, 0.25) is 0 Å². The molecule has 0 aliphatic carbocycles. The number of rotatable bonds is 5. The van der Waals surface area contributed by atoms with Crippen molar-refractivity contribution in [1.82, 2.24) is 15.1 Å². The molecule has 0 radical (unpaired) electrons. The van der Waals surface area contributed by atoms with E-state index in [0.717, 1.165) is 23.1 Å². The fourth-order valence-corrected chi connectivity index (χ4v) is 2.20. The van der Waals surface area contributed by atoms with E-state index in [4.69, 9.17) is 11.6 Å². The van der Waals surface area contributed by atoms with Crippen molar-refractivity contribution in [2.75, 3.05) is 6.54 Å². The van der Waals surface area contributed by atoms with E-state index in [1.165, 1.54) is 0 Å². The second kappa shape index (κ2) is 6.90. The Morgan fingerprint density at radius 3 is 2.70 bits per heavy atom. The maximum Gasteiger partial charge on any atom is 0.251 e. The molecule has 1 heterocycles. The van der Waals surface area contributed by atoms with Gasteiger partial charge in [-0.15, -0.1) is 0 Å². The van der Waals surface area contributed by atoms with E-state index in [1.807, 2.05) is 17.8 Å². The van der Waals surface area contributed by atoms with E-state index in [9.17, 15) is 4.79 Å². The molecule has 106 valence electrons. The average molecular weight is 357 g/mol. The van der Waals surface area contributed by atoms with E-state index in [2.05, 4.69) is 26.3 Å². The number of nitrogens with one attached hydrogen (secondary N) is 1. The van der Waals surface area contributed by atoms with Crippen LogP contribution in [0.1, 0.15) is 22.5 Å². The number of nitrogens with zero attached hydrogens (tertiary/aromatic N) is 2. The molecule has 1 amide bonds. The number of aromatic nitrogens is 2. The van der Waals surface area contributed by atoms with E-state index in [0.29, 0.717) is 17.1 Å². The molecule has 2 aromatic rings. The zero-order valence-corrected chi connectivity index (χ0v) is 13.4. The highest BCUT2D eigenvalue weighted by Gasteiger charge is 2.05. The average Bonchev–Trinajstić information content (AvgIpc) is 2.74. The second-order valence-electron chi connectivity index (χ2n) is 4.44. The molecule has 2 rings (SSSR count). The highest BCUT2D eigenvalue weighted by atomic mass is 79.9. The molecule has 0 saturated heterocycles. The van der Waals surface area contributed by atoms with Gasteiger partial charge in [0.15, 0.2) is 0 Å². The minimum atomic E-state index is -0.0838. The molecular weight excluding hydrogens is 342 g/mol. The maximum atomic E-state index is 11.8. The molecule has 0 aliphatic heterocycles. The molecule has 1 N–H and O–H groups in total. The van der Waals surface area contributed by atoms with Crippen LogP contribution in [0.5, 0.6) is 0 Å². The summed E-state index contributed by atoms with van der Waals surface area (Å²) in [5.74, 6) is -0.0838. The van der Waals surface area contributed by atoms with Crippen molar-refractivity contribution >= 4 is 33.4 Å². The highest BCUT2D eigenvalue weighted by Crippen LogP contribution is 2.13. The lowest BCUT2D eigenvalue weighted by atomic mass is 10.2. The van der Waals surface area contributed by atoms with Crippen LogP contribution < -0.4 is 5.32 Å². The van der Waals surface area contributed by atoms with Gasteiger partial charge in [-0.25, -0.2) is 0 Å². The summed E-state index contributed by atoms with van der Waals surface area (Å²) < 4.78 is 2.87. The number of benzene rings is 1. The van der Waals surface area contributed by atoms with Crippen molar-refractivity contribution in [2.45, 2.75) is 19.9 Å². The van der Waals surface area contributed by atoms with Crippen LogP contribution in [0.3, 0.4) is 0 Å². The summed E-state index contributed by atoms with van der Waals surface area (Å²) in [5, 5.41) is 7.84. The first kappa shape index (κ1) is 15.1. The Kier molecular flexibility index (Phi) is 5.20. The molecule has 0 atom stereocenters. The molecular formula is C14H15BrClN3O. The van der Waals surface area contributed by atoms with Gasteiger partial charge in [0, 0.05) is 29.9 Å². The Hall–Kier alpha value is -1.33. The lowest BCUT2D eigenvalue weighted by Crippen LogP contribution is -2.25. The van der Waals surface area contributed by atoms with Crippen molar-refractivity contribution < 1.29 is 4.79 Å². The van der Waals surface area contributed by atoms with E-state index >= 15 is 0 Å². The van der Waals surface area contributed by atoms with Crippen molar-refractivity contribution in [2.24, 2.45) is 0 Å². The van der Waals surface area contributed by atoms with Crippen LogP contribution in [0, 0.1) is 6.92 Å². The summed E-state index contributed by atoms with van der Waals surface area (Å²) in [6.45, 7) is 3.33. The van der Waals surface area contributed by atoms with Crippen LogP contribution in [0.25, 0.3) is 0 Å². The monoisotopic (exact) mass is 355 g/mol. The number of amides is 1. The molecule has 6 heteroatoms. The van der Waals surface area contributed by atoms with Crippen LogP contribution in [0.2, 0.25) is 5.02 Å². The second-order valence-corrected chi connectivity index (χ2v) is 5.73. The Labute approximate surface area is 131 Å². The molecule has 20 heavy (non-hydrogen) atoms. The number of aryl methyl sites for hydroxylation is 2. The van der Waals surface area contributed by atoms with Gasteiger partial charge in [-0.3, -0.25) is 9.48 Å². The third-order valence-electron chi connectivity index (χ3n) is 2.84. The maximum absolute atomic E-state index is 11.8. The molecule has 0 aliphatic rings. The zero-order valence-electron chi connectivity index (χ0n) is 11.1. The largest absolute Gasteiger partial charge is 0.352 e. The van der Waals surface area contributed by atoms with Crippen molar-refractivity contribution in [3.63, 3.8) is 0 Å². The normalized spacial score (nSPS) is 10.6. The van der Waals surface area contributed by atoms with Crippen LogP contribution in [-0.2, 0) is 6.54 Å².